The van der Waals surface area contributed by atoms with Gasteiger partial charge in [-0.3, -0.25) is 4.98 Å². The molecule has 0 amide bonds. The van der Waals surface area contributed by atoms with E-state index in [4.69, 9.17) is 5.73 Å². The summed E-state index contributed by atoms with van der Waals surface area (Å²) in [5.41, 5.74) is 8.59. The van der Waals surface area contributed by atoms with Crippen LogP contribution >= 0.6 is 12.4 Å². The van der Waals surface area contributed by atoms with Gasteiger partial charge in [-0.25, -0.2) is 0 Å². The Kier molecular flexibility index (Phi) is 3.55. The highest BCUT2D eigenvalue weighted by Crippen LogP contribution is 2.38. The number of benzene rings is 1. The monoisotopic (exact) mass is 262 g/mol. The van der Waals surface area contributed by atoms with Gasteiger partial charge in [0.05, 0.1) is 0 Å². The smallest absolute Gasteiger partial charge is 0.123 e. The van der Waals surface area contributed by atoms with Gasteiger partial charge in [0.25, 0.3) is 0 Å². The lowest BCUT2D eigenvalue weighted by Crippen LogP contribution is -2.01. The van der Waals surface area contributed by atoms with Gasteiger partial charge < -0.3 is 10.8 Å². The van der Waals surface area contributed by atoms with Gasteiger partial charge in [-0.05, 0) is 18.6 Å². The Morgan fingerprint density at radius 3 is 2.44 bits per heavy atom. The van der Waals surface area contributed by atoms with Crippen LogP contribution in [-0.2, 0) is 0 Å². The second-order valence-corrected chi connectivity index (χ2v) is 4.49. The topological polar surface area (TPSA) is 59.1 Å². The number of halogens is 1. The van der Waals surface area contributed by atoms with Crippen LogP contribution in [0.25, 0.3) is 11.1 Å². The molecule has 1 aromatic carbocycles. The lowest BCUT2D eigenvalue weighted by molar-refractivity contribution is 0.477. The van der Waals surface area contributed by atoms with Crippen molar-refractivity contribution >= 4 is 12.4 Å². The number of hydrogen-bond donors (Lipinski definition) is 2. The van der Waals surface area contributed by atoms with E-state index in [2.05, 4.69) is 4.98 Å². The van der Waals surface area contributed by atoms with Gasteiger partial charge >= 0.3 is 0 Å². The van der Waals surface area contributed by atoms with E-state index in [-0.39, 0.29) is 24.2 Å². The third-order valence-corrected chi connectivity index (χ3v) is 3.22. The average molecular weight is 263 g/mol. The van der Waals surface area contributed by atoms with Gasteiger partial charge in [0.15, 0.2) is 0 Å². The number of aromatic hydroxyl groups is 1. The molecule has 0 saturated heterocycles. The molecule has 3 nitrogen and oxygen atoms in total. The highest BCUT2D eigenvalue weighted by molar-refractivity contribution is 5.85. The van der Waals surface area contributed by atoms with E-state index in [0.29, 0.717) is 5.92 Å². The molecule has 94 valence electrons. The molecule has 3 rings (SSSR count). The van der Waals surface area contributed by atoms with Crippen LogP contribution in [0.3, 0.4) is 0 Å². The number of para-hydroxylation sites is 1. The Balaban J connectivity index is 0.00000120. The van der Waals surface area contributed by atoms with Gasteiger partial charge in [-0.15, -0.1) is 12.4 Å². The number of phenolic OH excluding ortho intramolecular Hbond substituents is 1. The lowest BCUT2D eigenvalue weighted by Gasteiger charge is -2.05. The van der Waals surface area contributed by atoms with Gasteiger partial charge in [-0.1, -0.05) is 24.3 Å². The molecule has 1 aliphatic carbocycles. The first-order valence-electron chi connectivity index (χ1n) is 5.75. The largest absolute Gasteiger partial charge is 0.507 e. The summed E-state index contributed by atoms with van der Waals surface area (Å²) in [6.07, 6.45) is 2.83. The Bertz CT molecular complexity index is 542. The Morgan fingerprint density at radius 2 is 1.89 bits per heavy atom. The molecule has 0 radical (unpaired) electrons. The molecule has 1 heterocycles. The van der Waals surface area contributed by atoms with Crippen LogP contribution in [0.15, 0.2) is 42.6 Å². The highest BCUT2D eigenvalue weighted by Gasteiger charge is 2.35. The zero-order chi connectivity index (χ0) is 11.8. The van der Waals surface area contributed by atoms with Crippen LogP contribution in [-0.4, -0.2) is 16.1 Å². The highest BCUT2D eigenvalue weighted by atomic mass is 35.5. The number of aromatic nitrogens is 1. The van der Waals surface area contributed by atoms with Crippen molar-refractivity contribution in [3.8, 4) is 16.9 Å². The molecule has 1 fully saturated rings. The number of rotatable bonds is 2. The van der Waals surface area contributed by atoms with Crippen LogP contribution in [0.2, 0.25) is 0 Å². The molecular formula is C14H15ClN2O. The van der Waals surface area contributed by atoms with E-state index >= 15 is 0 Å². The van der Waals surface area contributed by atoms with Crippen molar-refractivity contribution < 1.29 is 5.11 Å². The molecule has 4 heteroatoms. The molecule has 0 bridgehead atoms. The fourth-order valence-corrected chi connectivity index (χ4v) is 2.06. The van der Waals surface area contributed by atoms with Gasteiger partial charge in [0.2, 0.25) is 0 Å². The molecule has 1 saturated carbocycles. The van der Waals surface area contributed by atoms with Gasteiger partial charge in [0, 0.05) is 35.0 Å². The molecule has 1 aliphatic rings. The molecule has 2 atom stereocenters. The summed E-state index contributed by atoms with van der Waals surface area (Å²) < 4.78 is 0. The van der Waals surface area contributed by atoms with Crippen LogP contribution in [0.5, 0.6) is 5.75 Å². The Morgan fingerprint density at radius 1 is 1.17 bits per heavy atom. The second-order valence-electron chi connectivity index (χ2n) is 4.49. The second kappa shape index (κ2) is 4.96. The minimum absolute atomic E-state index is 0. The van der Waals surface area contributed by atoms with E-state index in [1.807, 2.05) is 30.3 Å². The van der Waals surface area contributed by atoms with Gasteiger partial charge in [0.1, 0.15) is 5.75 Å². The summed E-state index contributed by atoms with van der Waals surface area (Å²) in [7, 11) is 0. The molecule has 18 heavy (non-hydrogen) atoms. The minimum atomic E-state index is 0. The molecular weight excluding hydrogens is 248 g/mol. The van der Waals surface area contributed by atoms with Gasteiger partial charge in [-0.2, -0.15) is 0 Å². The standard InChI is InChI=1S/C14H14N2O.ClH/c15-12-7-11(12)13-6-5-9(8-16-13)10-3-1-2-4-14(10)17;/h1-6,8,11-12,17H,7,15H2;1H/t11-,12-;/m0./s1. The number of hydrogen-bond acceptors (Lipinski definition) is 3. The normalized spacial score (nSPS) is 21.2. The molecule has 0 unspecified atom stereocenters. The third kappa shape index (κ3) is 2.33. The SMILES string of the molecule is Cl.N[C@H]1C[C@@H]1c1ccc(-c2ccccc2O)cn1. The first-order valence-corrected chi connectivity index (χ1v) is 5.75. The van der Waals surface area contributed by atoms with Crippen LogP contribution < -0.4 is 5.73 Å². The van der Waals surface area contributed by atoms with Crippen molar-refractivity contribution in [1.82, 2.24) is 4.98 Å². The third-order valence-electron chi connectivity index (χ3n) is 3.22. The molecule has 2 aromatic rings. The fraction of sp³-hybridized carbons (Fsp3) is 0.214. The number of nitrogens with two attached hydrogens (primary N) is 1. The van der Waals surface area contributed by atoms with Crippen molar-refractivity contribution in [2.24, 2.45) is 5.73 Å². The predicted octanol–water partition coefficient (Wildman–Crippen LogP) is 2.69. The van der Waals surface area contributed by atoms with Crippen LogP contribution in [0.1, 0.15) is 18.0 Å². The molecule has 0 spiro atoms. The fourth-order valence-electron chi connectivity index (χ4n) is 2.06. The van der Waals surface area contributed by atoms with Crippen LogP contribution in [0, 0.1) is 0 Å². The molecule has 3 N–H and O–H groups in total. The number of phenols is 1. The zero-order valence-electron chi connectivity index (χ0n) is 9.78. The summed E-state index contributed by atoms with van der Waals surface area (Å²) in [6.45, 7) is 0. The maximum Gasteiger partial charge on any atom is 0.123 e. The van der Waals surface area contributed by atoms with E-state index in [1.165, 1.54) is 0 Å². The van der Waals surface area contributed by atoms with Crippen LogP contribution in [0.4, 0.5) is 0 Å². The maximum atomic E-state index is 9.75. The van der Waals surface area contributed by atoms with E-state index in [1.54, 1.807) is 12.3 Å². The Hall–Kier alpha value is -1.58. The maximum absolute atomic E-state index is 9.75. The van der Waals surface area contributed by atoms with E-state index in [9.17, 15) is 5.11 Å². The summed E-state index contributed by atoms with van der Waals surface area (Å²) >= 11 is 0. The first-order chi connectivity index (χ1) is 8.25. The molecule has 1 aromatic heterocycles. The quantitative estimate of drug-likeness (QED) is 0.875. The van der Waals surface area contributed by atoms with E-state index in [0.717, 1.165) is 23.2 Å². The predicted molar refractivity (Wildman–Crippen MR) is 73.9 cm³/mol. The summed E-state index contributed by atoms with van der Waals surface area (Å²) in [4.78, 5) is 4.42. The van der Waals surface area contributed by atoms with Crippen molar-refractivity contribution in [1.29, 1.82) is 0 Å². The molecule has 0 aliphatic heterocycles. The van der Waals surface area contributed by atoms with Crippen molar-refractivity contribution in [2.45, 2.75) is 18.4 Å². The number of pyridine rings is 1. The summed E-state index contributed by atoms with van der Waals surface area (Å²) in [5.74, 6) is 0.707. The average Bonchev–Trinajstić information content (AvgIpc) is 3.07. The Labute approximate surface area is 112 Å². The lowest BCUT2D eigenvalue weighted by atomic mass is 10.1. The zero-order valence-corrected chi connectivity index (χ0v) is 10.6. The van der Waals surface area contributed by atoms with Crippen molar-refractivity contribution in [3.63, 3.8) is 0 Å². The minimum Gasteiger partial charge on any atom is -0.507 e. The van der Waals surface area contributed by atoms with E-state index < -0.39 is 0 Å². The summed E-state index contributed by atoms with van der Waals surface area (Å²) in [6, 6.07) is 11.5. The van der Waals surface area contributed by atoms with Crippen molar-refractivity contribution in [2.75, 3.05) is 0 Å². The van der Waals surface area contributed by atoms with Crippen molar-refractivity contribution in [3.05, 3.63) is 48.3 Å². The number of nitrogens with zero attached hydrogens (tertiary/aromatic N) is 1. The summed E-state index contributed by atoms with van der Waals surface area (Å²) in [5, 5.41) is 9.75. The first kappa shape index (κ1) is 12.9.